The number of methoxy groups -OCH3 is 1. The van der Waals surface area contributed by atoms with Gasteiger partial charge in [0, 0.05) is 24.4 Å². The van der Waals surface area contributed by atoms with Gasteiger partial charge in [-0.25, -0.2) is 4.98 Å². The van der Waals surface area contributed by atoms with Crippen molar-refractivity contribution in [1.82, 2.24) is 15.3 Å². The Morgan fingerprint density at radius 1 is 1.32 bits per heavy atom. The van der Waals surface area contributed by atoms with Crippen LogP contribution >= 0.6 is 11.8 Å². The Hall–Kier alpha value is -2.72. The number of carbonyl (C=O) groups excluding carboxylic acids is 1. The van der Waals surface area contributed by atoms with Gasteiger partial charge < -0.3 is 25.2 Å². The predicted molar refractivity (Wildman–Crippen MR) is 131 cm³/mol. The van der Waals surface area contributed by atoms with Crippen LogP contribution in [-0.2, 0) is 16.1 Å². The van der Waals surface area contributed by atoms with Crippen molar-refractivity contribution in [3.05, 3.63) is 53.9 Å². The lowest BCUT2D eigenvalue weighted by Crippen LogP contribution is -2.40. The molecule has 178 valence electrons. The molecule has 4 heterocycles. The van der Waals surface area contributed by atoms with Crippen molar-refractivity contribution in [2.24, 2.45) is 0 Å². The summed E-state index contributed by atoms with van der Waals surface area (Å²) in [5, 5.41) is 18.2. The van der Waals surface area contributed by atoms with Gasteiger partial charge in [0.1, 0.15) is 11.6 Å². The van der Waals surface area contributed by atoms with E-state index in [0.717, 1.165) is 39.9 Å². The highest BCUT2D eigenvalue weighted by Gasteiger charge is 2.25. The third kappa shape index (κ3) is 5.17. The van der Waals surface area contributed by atoms with E-state index in [2.05, 4.69) is 20.6 Å². The number of ether oxygens (including phenoxy) is 2. The maximum atomic E-state index is 11.6. The van der Waals surface area contributed by atoms with E-state index in [1.54, 1.807) is 13.3 Å². The first-order chi connectivity index (χ1) is 16.6. The van der Waals surface area contributed by atoms with E-state index in [-0.39, 0.29) is 18.1 Å². The van der Waals surface area contributed by atoms with E-state index in [1.807, 2.05) is 36.4 Å². The van der Waals surface area contributed by atoms with Crippen molar-refractivity contribution < 1.29 is 19.4 Å². The number of aromatic nitrogens is 2. The molecule has 1 amide bonds. The smallest absolute Gasteiger partial charge is 0.235 e. The van der Waals surface area contributed by atoms with Crippen LogP contribution in [0.3, 0.4) is 0 Å². The van der Waals surface area contributed by atoms with Crippen LogP contribution in [0.2, 0.25) is 0 Å². The van der Waals surface area contributed by atoms with Crippen molar-refractivity contribution in [1.29, 1.82) is 0 Å². The molecule has 2 aliphatic rings. The molecular weight excluding hydrogens is 452 g/mol. The maximum absolute atomic E-state index is 11.6. The van der Waals surface area contributed by atoms with Crippen LogP contribution in [0.4, 0.5) is 5.82 Å². The standard InChI is InChI=1S/C25H28N4O4S/c1-32-18-9-20-19(3-2-4-21(20)27-12-18)22(30)10-17-7-5-16(13-33-17)26-11-15-6-8-23-25(28-15)29-24(31)14-34-23/h2-4,6,8-9,12,16-17,22,26,30H,5,7,10-11,13-14H2,1H3,(H,28,29,31)/t16-,17+,22+/m1/s1. The first kappa shape index (κ1) is 23.0. The maximum Gasteiger partial charge on any atom is 0.235 e. The number of pyridine rings is 2. The van der Waals surface area contributed by atoms with Crippen LogP contribution in [0.15, 0.2) is 47.5 Å². The second-order valence-electron chi connectivity index (χ2n) is 8.64. The summed E-state index contributed by atoms with van der Waals surface area (Å²) in [5.74, 6) is 1.75. The number of aliphatic hydroxyl groups excluding tert-OH is 1. The first-order valence-electron chi connectivity index (χ1n) is 11.5. The molecule has 9 heteroatoms. The minimum absolute atomic E-state index is 0.00372. The average Bonchev–Trinajstić information content (AvgIpc) is 2.87. The van der Waals surface area contributed by atoms with Gasteiger partial charge in [-0.1, -0.05) is 12.1 Å². The summed E-state index contributed by atoms with van der Waals surface area (Å²) in [6.07, 6.45) is 3.40. The van der Waals surface area contributed by atoms with E-state index in [9.17, 15) is 9.90 Å². The summed E-state index contributed by atoms with van der Waals surface area (Å²) in [6, 6.07) is 11.9. The van der Waals surface area contributed by atoms with Crippen LogP contribution in [0, 0.1) is 0 Å². The average molecular weight is 481 g/mol. The number of fused-ring (bicyclic) bond motifs is 2. The Kier molecular flexibility index (Phi) is 6.96. The molecule has 34 heavy (non-hydrogen) atoms. The fourth-order valence-corrected chi connectivity index (χ4v) is 5.19. The minimum atomic E-state index is -0.639. The van der Waals surface area contributed by atoms with Gasteiger partial charge in [0.2, 0.25) is 5.91 Å². The summed E-state index contributed by atoms with van der Waals surface area (Å²) in [4.78, 5) is 21.6. The lowest BCUT2D eigenvalue weighted by Gasteiger charge is -2.31. The first-order valence-corrected chi connectivity index (χ1v) is 12.5. The minimum Gasteiger partial charge on any atom is -0.495 e. The highest BCUT2D eigenvalue weighted by molar-refractivity contribution is 8.00. The highest BCUT2D eigenvalue weighted by Crippen LogP contribution is 2.32. The molecule has 2 aromatic heterocycles. The number of amides is 1. The highest BCUT2D eigenvalue weighted by atomic mass is 32.2. The zero-order chi connectivity index (χ0) is 23.5. The van der Waals surface area contributed by atoms with Crippen LogP contribution in [0.1, 0.15) is 36.6 Å². The van der Waals surface area contributed by atoms with Crippen LogP contribution in [-0.4, -0.2) is 52.6 Å². The van der Waals surface area contributed by atoms with Crippen LogP contribution in [0.5, 0.6) is 5.75 Å². The van der Waals surface area contributed by atoms with E-state index in [1.165, 1.54) is 11.8 Å². The van der Waals surface area contributed by atoms with Gasteiger partial charge in [-0.2, -0.15) is 0 Å². The third-order valence-corrected chi connectivity index (χ3v) is 7.34. The molecule has 0 saturated carbocycles. The summed E-state index contributed by atoms with van der Waals surface area (Å²) < 4.78 is 11.4. The SMILES string of the molecule is COc1cnc2cccc([C@@H](O)C[C@@H]3CC[C@@H](NCc4ccc5c(n4)NC(=O)CS5)CO3)c2c1. The van der Waals surface area contributed by atoms with E-state index < -0.39 is 6.10 Å². The molecule has 1 aromatic carbocycles. The number of nitrogens with one attached hydrogen (secondary N) is 2. The Labute approximate surface area is 202 Å². The number of anilines is 1. The van der Waals surface area contributed by atoms with Gasteiger partial charge in [0.15, 0.2) is 0 Å². The fraction of sp³-hybridized carbons (Fsp3) is 0.400. The largest absolute Gasteiger partial charge is 0.495 e. The number of nitrogens with zero attached hydrogens (tertiary/aromatic N) is 2. The van der Waals surface area contributed by atoms with Crippen molar-refractivity contribution in [2.45, 2.75) is 49.0 Å². The van der Waals surface area contributed by atoms with E-state index in [4.69, 9.17) is 9.47 Å². The Bertz CT molecular complexity index is 1180. The molecule has 3 N–H and O–H groups in total. The molecule has 0 bridgehead atoms. The van der Waals surface area contributed by atoms with Gasteiger partial charge in [0.05, 0.1) is 54.0 Å². The van der Waals surface area contributed by atoms with Gasteiger partial charge in [-0.05, 0) is 42.7 Å². The monoisotopic (exact) mass is 480 g/mol. The van der Waals surface area contributed by atoms with Gasteiger partial charge in [-0.15, -0.1) is 11.8 Å². The van der Waals surface area contributed by atoms with Gasteiger partial charge >= 0.3 is 0 Å². The van der Waals surface area contributed by atoms with Crippen LogP contribution in [0.25, 0.3) is 10.9 Å². The molecule has 0 radical (unpaired) electrons. The molecule has 0 unspecified atom stereocenters. The van der Waals surface area contributed by atoms with Crippen LogP contribution < -0.4 is 15.4 Å². The van der Waals surface area contributed by atoms with Crippen molar-refractivity contribution >= 4 is 34.4 Å². The Morgan fingerprint density at radius 2 is 2.24 bits per heavy atom. The number of thioether (sulfide) groups is 1. The molecule has 3 atom stereocenters. The molecule has 0 aliphatic carbocycles. The molecule has 0 spiro atoms. The normalized spacial score (nSPS) is 21.1. The Morgan fingerprint density at radius 3 is 3.06 bits per heavy atom. The summed E-state index contributed by atoms with van der Waals surface area (Å²) in [7, 11) is 1.61. The molecular formula is C25H28N4O4S. The van der Waals surface area contributed by atoms with E-state index >= 15 is 0 Å². The number of hydrogen-bond acceptors (Lipinski definition) is 8. The fourth-order valence-electron chi connectivity index (χ4n) is 4.44. The number of benzene rings is 1. The topological polar surface area (TPSA) is 106 Å². The summed E-state index contributed by atoms with van der Waals surface area (Å²) >= 11 is 1.51. The molecule has 3 aromatic rings. The lowest BCUT2D eigenvalue weighted by molar-refractivity contribution is -0.113. The molecule has 1 saturated heterocycles. The van der Waals surface area contributed by atoms with Gasteiger partial charge in [0.25, 0.3) is 0 Å². The third-order valence-electron chi connectivity index (χ3n) is 6.29. The number of hydrogen-bond donors (Lipinski definition) is 3. The van der Waals surface area contributed by atoms with Crippen molar-refractivity contribution in [2.75, 3.05) is 24.8 Å². The summed E-state index contributed by atoms with van der Waals surface area (Å²) in [6.45, 7) is 1.19. The summed E-state index contributed by atoms with van der Waals surface area (Å²) in [5.41, 5.74) is 2.57. The Balaban J connectivity index is 1.14. The number of aliphatic hydroxyl groups is 1. The van der Waals surface area contributed by atoms with E-state index in [0.29, 0.717) is 36.9 Å². The second-order valence-corrected chi connectivity index (χ2v) is 9.65. The molecule has 2 aliphatic heterocycles. The molecule has 5 rings (SSSR count). The molecule has 1 fully saturated rings. The zero-order valence-electron chi connectivity index (χ0n) is 19.0. The lowest BCUT2D eigenvalue weighted by atomic mass is 9.95. The second kappa shape index (κ2) is 10.3. The van der Waals surface area contributed by atoms with Gasteiger partial charge in [-0.3, -0.25) is 9.78 Å². The molecule has 8 nitrogen and oxygen atoms in total. The van der Waals surface area contributed by atoms with Crippen molar-refractivity contribution in [3.8, 4) is 5.75 Å². The number of rotatable bonds is 7. The predicted octanol–water partition coefficient (Wildman–Crippen LogP) is 3.44. The van der Waals surface area contributed by atoms with Crippen molar-refractivity contribution in [3.63, 3.8) is 0 Å². The zero-order valence-corrected chi connectivity index (χ0v) is 19.8. The quantitative estimate of drug-likeness (QED) is 0.472. The number of carbonyl (C=O) groups is 1.